The predicted molar refractivity (Wildman–Crippen MR) is 54.4 cm³/mol. The van der Waals surface area contributed by atoms with Crippen LogP contribution in [0.5, 0.6) is 0 Å². The summed E-state index contributed by atoms with van der Waals surface area (Å²) in [5, 5.41) is 11.4. The van der Waals surface area contributed by atoms with Gasteiger partial charge in [0.05, 0.1) is 0 Å². The maximum Gasteiger partial charge on any atom is 0.273 e. The number of aliphatic hydroxyl groups excluding tert-OH is 1. The maximum absolute atomic E-state index is 11.5. The van der Waals surface area contributed by atoms with Crippen LogP contribution in [0.15, 0.2) is 10.8 Å². The summed E-state index contributed by atoms with van der Waals surface area (Å²) >= 11 is 0. The topological polar surface area (TPSA) is 75.4 Å². The number of carbonyl (C=O) groups excluding carboxylic acids is 1. The second kappa shape index (κ2) is 5.50. The number of nitrogens with one attached hydrogen (secondary N) is 1. The molecular weight excluding hydrogens is 196 g/mol. The van der Waals surface area contributed by atoms with E-state index in [1.807, 2.05) is 6.92 Å². The summed E-state index contributed by atoms with van der Waals surface area (Å²) in [5.74, 6) is 0.541. The number of oxazole rings is 1. The molecule has 0 aliphatic heterocycles. The molecular formula is C10H16N2O3. The van der Waals surface area contributed by atoms with Crippen molar-refractivity contribution in [3.8, 4) is 0 Å². The smallest absolute Gasteiger partial charge is 0.273 e. The summed E-state index contributed by atoms with van der Waals surface area (Å²) in [5.41, 5.74) is 0.325. The number of rotatable bonds is 5. The third-order valence-corrected chi connectivity index (χ3v) is 2.19. The standard InChI is InChI=1S/C10H16N2O3/c1-7(3-4-13)5-11-10(14)9-8(2)15-6-12-9/h6-7,13H,3-5H2,1-2H3,(H,11,14). The summed E-state index contributed by atoms with van der Waals surface area (Å²) in [6.45, 7) is 4.33. The number of aryl methyl sites for hydroxylation is 1. The molecule has 0 saturated heterocycles. The van der Waals surface area contributed by atoms with E-state index in [-0.39, 0.29) is 18.4 Å². The van der Waals surface area contributed by atoms with Gasteiger partial charge in [-0.15, -0.1) is 0 Å². The lowest BCUT2D eigenvalue weighted by molar-refractivity contribution is 0.0939. The lowest BCUT2D eigenvalue weighted by Gasteiger charge is -2.09. The summed E-state index contributed by atoms with van der Waals surface area (Å²) in [6, 6.07) is 0. The molecule has 2 N–H and O–H groups in total. The highest BCUT2D eigenvalue weighted by Crippen LogP contribution is 2.04. The molecule has 0 fully saturated rings. The fourth-order valence-corrected chi connectivity index (χ4v) is 1.20. The Morgan fingerprint density at radius 1 is 1.73 bits per heavy atom. The van der Waals surface area contributed by atoms with E-state index in [1.165, 1.54) is 6.39 Å². The molecule has 0 spiro atoms. The SMILES string of the molecule is Cc1ocnc1C(=O)NCC(C)CCO. The van der Waals surface area contributed by atoms with Crippen molar-refractivity contribution in [2.45, 2.75) is 20.3 Å². The predicted octanol–water partition coefficient (Wildman–Crippen LogP) is 0.731. The van der Waals surface area contributed by atoms with Crippen LogP contribution in [0, 0.1) is 12.8 Å². The Balaban J connectivity index is 2.40. The molecule has 5 nitrogen and oxygen atoms in total. The highest BCUT2D eigenvalue weighted by atomic mass is 16.3. The first kappa shape index (κ1) is 11.7. The Morgan fingerprint density at radius 3 is 3.00 bits per heavy atom. The number of amides is 1. The minimum atomic E-state index is -0.231. The van der Waals surface area contributed by atoms with Crippen LogP contribution in [-0.2, 0) is 0 Å². The number of carbonyl (C=O) groups is 1. The van der Waals surface area contributed by atoms with Crippen molar-refractivity contribution in [1.29, 1.82) is 0 Å². The number of aliphatic hydroxyl groups is 1. The quantitative estimate of drug-likeness (QED) is 0.754. The van der Waals surface area contributed by atoms with E-state index in [0.717, 1.165) is 0 Å². The highest BCUT2D eigenvalue weighted by Gasteiger charge is 2.13. The second-order valence-corrected chi connectivity index (χ2v) is 3.58. The maximum atomic E-state index is 11.5. The van der Waals surface area contributed by atoms with Crippen LogP contribution in [0.3, 0.4) is 0 Å². The Morgan fingerprint density at radius 2 is 2.47 bits per heavy atom. The molecule has 0 bridgehead atoms. The zero-order valence-corrected chi connectivity index (χ0v) is 8.99. The van der Waals surface area contributed by atoms with E-state index in [4.69, 9.17) is 9.52 Å². The van der Waals surface area contributed by atoms with Crippen molar-refractivity contribution in [3.63, 3.8) is 0 Å². The first-order chi connectivity index (χ1) is 7.15. The summed E-state index contributed by atoms with van der Waals surface area (Å²) in [6.07, 6.45) is 1.93. The molecule has 0 radical (unpaired) electrons. The summed E-state index contributed by atoms with van der Waals surface area (Å²) in [7, 11) is 0. The van der Waals surface area contributed by atoms with Gasteiger partial charge in [-0.25, -0.2) is 4.98 Å². The van der Waals surface area contributed by atoms with Crippen LogP contribution in [0.1, 0.15) is 29.6 Å². The van der Waals surface area contributed by atoms with Gasteiger partial charge in [-0.1, -0.05) is 6.92 Å². The fourth-order valence-electron chi connectivity index (χ4n) is 1.20. The lowest BCUT2D eigenvalue weighted by Crippen LogP contribution is -2.29. The Hall–Kier alpha value is -1.36. The van der Waals surface area contributed by atoms with Gasteiger partial charge in [0.1, 0.15) is 5.76 Å². The highest BCUT2D eigenvalue weighted by molar-refractivity contribution is 5.92. The van der Waals surface area contributed by atoms with E-state index in [1.54, 1.807) is 6.92 Å². The van der Waals surface area contributed by atoms with Gasteiger partial charge in [0.25, 0.3) is 5.91 Å². The van der Waals surface area contributed by atoms with E-state index in [9.17, 15) is 4.79 Å². The first-order valence-corrected chi connectivity index (χ1v) is 4.94. The minimum Gasteiger partial charge on any atom is -0.448 e. The fraction of sp³-hybridized carbons (Fsp3) is 0.600. The van der Waals surface area contributed by atoms with Crippen LogP contribution in [-0.4, -0.2) is 29.1 Å². The van der Waals surface area contributed by atoms with Gasteiger partial charge in [0, 0.05) is 13.2 Å². The average Bonchev–Trinajstić information content (AvgIpc) is 2.61. The van der Waals surface area contributed by atoms with Gasteiger partial charge in [0.2, 0.25) is 0 Å². The van der Waals surface area contributed by atoms with Crippen LogP contribution < -0.4 is 5.32 Å². The molecule has 1 atom stereocenters. The molecule has 1 heterocycles. The first-order valence-electron chi connectivity index (χ1n) is 4.94. The molecule has 15 heavy (non-hydrogen) atoms. The monoisotopic (exact) mass is 212 g/mol. The minimum absolute atomic E-state index is 0.139. The van der Waals surface area contributed by atoms with Crippen molar-refractivity contribution in [3.05, 3.63) is 17.8 Å². The van der Waals surface area contributed by atoms with E-state index in [0.29, 0.717) is 24.4 Å². The van der Waals surface area contributed by atoms with E-state index in [2.05, 4.69) is 10.3 Å². The number of aromatic nitrogens is 1. The molecule has 1 amide bonds. The largest absolute Gasteiger partial charge is 0.448 e. The molecule has 84 valence electrons. The van der Waals surface area contributed by atoms with Gasteiger partial charge in [-0.05, 0) is 19.3 Å². The third-order valence-electron chi connectivity index (χ3n) is 2.19. The normalized spacial score (nSPS) is 12.5. The average molecular weight is 212 g/mol. The van der Waals surface area contributed by atoms with Crippen molar-refractivity contribution >= 4 is 5.91 Å². The molecule has 1 rings (SSSR count). The number of nitrogens with zero attached hydrogens (tertiary/aromatic N) is 1. The van der Waals surface area contributed by atoms with Crippen molar-refractivity contribution in [2.24, 2.45) is 5.92 Å². The number of hydrogen-bond donors (Lipinski definition) is 2. The molecule has 0 aromatic carbocycles. The van der Waals surface area contributed by atoms with E-state index < -0.39 is 0 Å². The molecule has 0 saturated carbocycles. The molecule has 1 unspecified atom stereocenters. The van der Waals surface area contributed by atoms with Gasteiger partial charge in [-0.2, -0.15) is 0 Å². The summed E-state index contributed by atoms with van der Waals surface area (Å²) < 4.78 is 4.93. The van der Waals surface area contributed by atoms with Crippen LogP contribution in [0.4, 0.5) is 0 Å². The zero-order chi connectivity index (χ0) is 11.3. The molecule has 0 aliphatic carbocycles. The second-order valence-electron chi connectivity index (χ2n) is 3.58. The van der Waals surface area contributed by atoms with Crippen LogP contribution in [0.25, 0.3) is 0 Å². The van der Waals surface area contributed by atoms with E-state index >= 15 is 0 Å². The molecule has 5 heteroatoms. The van der Waals surface area contributed by atoms with Gasteiger partial charge in [0.15, 0.2) is 12.1 Å². The Labute approximate surface area is 88.5 Å². The molecule has 1 aromatic rings. The van der Waals surface area contributed by atoms with Gasteiger partial charge < -0.3 is 14.8 Å². The van der Waals surface area contributed by atoms with Crippen molar-refractivity contribution < 1.29 is 14.3 Å². The Kier molecular flexibility index (Phi) is 4.30. The molecule has 0 aliphatic rings. The molecule has 1 aromatic heterocycles. The lowest BCUT2D eigenvalue weighted by atomic mass is 10.1. The Bertz CT molecular complexity index is 322. The zero-order valence-electron chi connectivity index (χ0n) is 8.99. The van der Waals surface area contributed by atoms with Gasteiger partial charge >= 0.3 is 0 Å². The van der Waals surface area contributed by atoms with Crippen LogP contribution in [0.2, 0.25) is 0 Å². The van der Waals surface area contributed by atoms with Gasteiger partial charge in [-0.3, -0.25) is 4.79 Å². The van der Waals surface area contributed by atoms with Crippen LogP contribution >= 0.6 is 0 Å². The van der Waals surface area contributed by atoms with Crippen molar-refractivity contribution in [1.82, 2.24) is 10.3 Å². The summed E-state index contributed by atoms with van der Waals surface area (Å²) in [4.78, 5) is 15.4. The third kappa shape index (κ3) is 3.36. The number of hydrogen-bond acceptors (Lipinski definition) is 4. The van der Waals surface area contributed by atoms with Crippen molar-refractivity contribution in [2.75, 3.05) is 13.2 Å².